The van der Waals surface area contributed by atoms with Gasteiger partial charge in [0.15, 0.2) is 0 Å². The molecule has 1 atom stereocenters. The zero-order chi connectivity index (χ0) is 18.8. The Balaban J connectivity index is 2.15. The normalized spacial score (nSPS) is 12.5. The van der Waals surface area contributed by atoms with E-state index in [1.165, 1.54) is 7.11 Å². The van der Waals surface area contributed by atoms with Crippen LogP contribution in [0.2, 0.25) is 0 Å². The van der Waals surface area contributed by atoms with E-state index in [1.54, 1.807) is 6.08 Å². The lowest BCUT2D eigenvalue weighted by Gasteiger charge is -2.30. The van der Waals surface area contributed by atoms with Crippen LogP contribution in [0.15, 0.2) is 73.3 Å². The average molecular weight is 353 g/mol. The lowest BCUT2D eigenvalue weighted by Crippen LogP contribution is -2.56. The highest BCUT2D eigenvalue weighted by Crippen LogP contribution is 2.21. The van der Waals surface area contributed by atoms with Crippen molar-refractivity contribution in [2.24, 2.45) is 0 Å². The summed E-state index contributed by atoms with van der Waals surface area (Å²) in [7, 11) is 1.29. The molecule has 0 saturated carbocycles. The molecule has 0 radical (unpaired) electrons. The predicted molar refractivity (Wildman–Crippen MR) is 99.5 cm³/mol. The van der Waals surface area contributed by atoms with Crippen molar-refractivity contribution in [2.75, 3.05) is 7.11 Å². The first kappa shape index (κ1) is 19.2. The molecule has 0 bridgehead atoms. The number of amides is 1. The summed E-state index contributed by atoms with van der Waals surface area (Å²) in [6, 6.07) is 18.7. The third-order valence-corrected chi connectivity index (χ3v) is 3.97. The summed E-state index contributed by atoms with van der Waals surface area (Å²) in [6.45, 7) is 3.82. The molecule has 2 rings (SSSR count). The van der Waals surface area contributed by atoms with E-state index in [9.17, 15) is 9.59 Å². The average Bonchev–Trinajstić information content (AvgIpc) is 2.67. The molecule has 136 valence electrons. The summed E-state index contributed by atoms with van der Waals surface area (Å²) >= 11 is 0. The number of benzene rings is 2. The van der Waals surface area contributed by atoms with Crippen LogP contribution in [0.4, 0.5) is 4.79 Å². The van der Waals surface area contributed by atoms with Gasteiger partial charge in [-0.05, 0) is 17.5 Å². The van der Waals surface area contributed by atoms with E-state index in [4.69, 9.17) is 9.47 Å². The molecule has 1 unspecified atom stereocenters. The van der Waals surface area contributed by atoms with Gasteiger partial charge in [-0.2, -0.15) is 0 Å². The molecule has 1 amide bonds. The van der Waals surface area contributed by atoms with Crippen LogP contribution < -0.4 is 5.32 Å². The third kappa shape index (κ3) is 5.21. The molecule has 0 fully saturated rings. The fourth-order valence-electron chi connectivity index (χ4n) is 2.71. The molecule has 1 N–H and O–H groups in total. The van der Waals surface area contributed by atoms with Gasteiger partial charge < -0.3 is 14.8 Å². The summed E-state index contributed by atoms with van der Waals surface area (Å²) in [6.07, 6.45) is 1.39. The largest absolute Gasteiger partial charge is 0.467 e. The van der Waals surface area contributed by atoms with Crippen LogP contribution in [0.5, 0.6) is 0 Å². The molecular weight excluding hydrogens is 330 g/mol. The first-order valence-electron chi connectivity index (χ1n) is 8.32. The van der Waals surface area contributed by atoms with Gasteiger partial charge in [-0.1, -0.05) is 66.7 Å². The van der Waals surface area contributed by atoms with Crippen molar-refractivity contribution in [3.63, 3.8) is 0 Å². The number of alkyl carbamates (subject to hydrolysis) is 1. The number of esters is 1. The van der Waals surface area contributed by atoms with Gasteiger partial charge in [-0.3, -0.25) is 0 Å². The summed E-state index contributed by atoms with van der Waals surface area (Å²) in [4.78, 5) is 24.8. The number of carbonyl (C=O) groups excluding carboxylic acids is 2. The molecule has 0 saturated heterocycles. The Morgan fingerprint density at radius 3 is 2.15 bits per heavy atom. The molecule has 0 aliphatic heterocycles. The first-order chi connectivity index (χ1) is 12.6. The highest BCUT2D eigenvalue weighted by molar-refractivity contribution is 5.86. The molecule has 0 aromatic heterocycles. The summed E-state index contributed by atoms with van der Waals surface area (Å²) in [5.41, 5.74) is 0.479. The number of hydrogen-bond donors (Lipinski definition) is 1. The number of methoxy groups -OCH3 is 1. The Morgan fingerprint density at radius 1 is 1.04 bits per heavy atom. The highest BCUT2D eigenvalue weighted by atomic mass is 16.6. The number of nitrogens with one attached hydrogen (secondary N) is 1. The van der Waals surface area contributed by atoms with Gasteiger partial charge in [0.05, 0.1) is 7.11 Å². The molecule has 5 nitrogen and oxygen atoms in total. The molecule has 26 heavy (non-hydrogen) atoms. The second-order valence-electron chi connectivity index (χ2n) is 5.92. The van der Waals surface area contributed by atoms with Crippen LogP contribution in [0.25, 0.3) is 0 Å². The predicted octanol–water partition coefficient (Wildman–Crippen LogP) is 3.64. The molecule has 0 aliphatic carbocycles. The Bertz CT molecular complexity index is 730. The fourth-order valence-corrected chi connectivity index (χ4v) is 2.71. The number of ether oxygens (including phenoxy) is 2. The van der Waals surface area contributed by atoms with E-state index in [2.05, 4.69) is 11.9 Å². The highest BCUT2D eigenvalue weighted by Gasteiger charge is 2.40. The van der Waals surface area contributed by atoms with E-state index >= 15 is 0 Å². The second kappa shape index (κ2) is 9.42. The van der Waals surface area contributed by atoms with Gasteiger partial charge >= 0.3 is 12.1 Å². The molecular formula is C21H23NO4. The van der Waals surface area contributed by atoms with Gasteiger partial charge in [0.1, 0.15) is 12.1 Å². The van der Waals surface area contributed by atoms with Crippen LogP contribution in [0, 0.1) is 0 Å². The van der Waals surface area contributed by atoms with Crippen LogP contribution in [0.3, 0.4) is 0 Å². The first-order valence-corrected chi connectivity index (χ1v) is 8.32. The SMILES string of the molecule is C=CCC(Cc1ccccc1)(NC(=O)OCc1ccccc1)C(=O)OC. The maximum atomic E-state index is 12.5. The van der Waals surface area contributed by atoms with E-state index in [-0.39, 0.29) is 19.4 Å². The number of hydrogen-bond acceptors (Lipinski definition) is 4. The fraction of sp³-hybridized carbons (Fsp3) is 0.238. The van der Waals surface area contributed by atoms with Crippen LogP contribution in [-0.2, 0) is 27.3 Å². The van der Waals surface area contributed by atoms with Gasteiger partial charge in [-0.25, -0.2) is 9.59 Å². The summed E-state index contributed by atoms with van der Waals surface area (Å²) in [5, 5.41) is 2.69. The van der Waals surface area contributed by atoms with E-state index < -0.39 is 17.6 Å². The monoisotopic (exact) mass is 353 g/mol. The Labute approximate surface area is 153 Å². The van der Waals surface area contributed by atoms with Crippen molar-refractivity contribution in [3.05, 3.63) is 84.4 Å². The molecule has 5 heteroatoms. The van der Waals surface area contributed by atoms with Crippen molar-refractivity contribution >= 4 is 12.1 Å². The number of carbonyl (C=O) groups is 2. The van der Waals surface area contributed by atoms with Crippen molar-refractivity contribution in [1.82, 2.24) is 5.32 Å². The molecule has 0 spiro atoms. The van der Waals surface area contributed by atoms with E-state index in [0.717, 1.165) is 11.1 Å². The zero-order valence-electron chi connectivity index (χ0n) is 14.8. The lowest BCUT2D eigenvalue weighted by molar-refractivity contribution is -0.148. The van der Waals surface area contributed by atoms with Gasteiger partial charge in [0.25, 0.3) is 0 Å². The van der Waals surface area contributed by atoms with Crippen LogP contribution in [-0.4, -0.2) is 24.7 Å². The van der Waals surface area contributed by atoms with E-state index in [0.29, 0.717) is 0 Å². The molecule has 0 heterocycles. The molecule has 2 aromatic rings. The van der Waals surface area contributed by atoms with Crippen LogP contribution in [0.1, 0.15) is 17.5 Å². The molecule has 0 aliphatic rings. The van der Waals surface area contributed by atoms with E-state index in [1.807, 2.05) is 60.7 Å². The minimum atomic E-state index is -1.27. The zero-order valence-corrected chi connectivity index (χ0v) is 14.8. The number of rotatable bonds is 8. The van der Waals surface area contributed by atoms with Crippen molar-refractivity contribution in [1.29, 1.82) is 0 Å². The molecule has 2 aromatic carbocycles. The smallest absolute Gasteiger partial charge is 0.408 e. The quantitative estimate of drug-likeness (QED) is 0.581. The minimum Gasteiger partial charge on any atom is -0.467 e. The Hall–Kier alpha value is -3.08. The minimum absolute atomic E-state index is 0.114. The topological polar surface area (TPSA) is 64.6 Å². The lowest BCUT2D eigenvalue weighted by atomic mass is 9.87. The standard InChI is InChI=1S/C21H23NO4/c1-3-14-21(19(23)25-2,15-17-10-6-4-7-11-17)22-20(24)26-16-18-12-8-5-9-13-18/h3-13H,1,14-16H2,2H3,(H,22,24). The Morgan fingerprint density at radius 2 is 1.62 bits per heavy atom. The maximum Gasteiger partial charge on any atom is 0.408 e. The third-order valence-electron chi connectivity index (χ3n) is 3.97. The van der Waals surface area contributed by atoms with Crippen molar-refractivity contribution in [2.45, 2.75) is 25.0 Å². The van der Waals surface area contributed by atoms with Crippen LogP contribution >= 0.6 is 0 Å². The van der Waals surface area contributed by atoms with Gasteiger partial charge in [0.2, 0.25) is 0 Å². The summed E-state index contributed by atoms with van der Waals surface area (Å²) < 4.78 is 10.2. The van der Waals surface area contributed by atoms with Crippen molar-refractivity contribution in [3.8, 4) is 0 Å². The second-order valence-corrected chi connectivity index (χ2v) is 5.92. The maximum absolute atomic E-state index is 12.5. The van der Waals surface area contributed by atoms with Gasteiger partial charge in [-0.15, -0.1) is 6.58 Å². The van der Waals surface area contributed by atoms with Gasteiger partial charge in [0, 0.05) is 6.42 Å². The summed E-state index contributed by atoms with van der Waals surface area (Å²) in [5.74, 6) is -0.544. The Kier molecular flexibility index (Phi) is 6.97. The van der Waals surface area contributed by atoms with Crippen molar-refractivity contribution < 1.29 is 19.1 Å².